The summed E-state index contributed by atoms with van der Waals surface area (Å²) >= 11 is 0. The molecule has 1 N–H and O–H groups in total. The maximum Gasteiger partial charge on any atom is 0.267 e. The van der Waals surface area contributed by atoms with Crippen LogP contribution in [0.25, 0.3) is 22.0 Å². The average molecular weight is 403 g/mol. The van der Waals surface area contributed by atoms with Crippen LogP contribution >= 0.6 is 0 Å². The second kappa shape index (κ2) is 7.74. The van der Waals surface area contributed by atoms with Gasteiger partial charge in [0, 0.05) is 41.5 Å². The van der Waals surface area contributed by atoms with E-state index in [-0.39, 0.29) is 11.5 Å². The first-order valence-corrected chi connectivity index (χ1v) is 10.1. The highest BCUT2D eigenvalue weighted by molar-refractivity contribution is 5.85. The van der Waals surface area contributed by atoms with Crippen LogP contribution in [0.4, 0.5) is 11.6 Å². The summed E-state index contributed by atoms with van der Waals surface area (Å²) in [6, 6.07) is 9.69. The van der Waals surface area contributed by atoms with Crippen molar-refractivity contribution in [2.24, 2.45) is 7.05 Å². The number of benzene rings is 1. The third kappa shape index (κ3) is 3.58. The third-order valence-electron chi connectivity index (χ3n) is 5.50. The Bertz CT molecular complexity index is 1290. The van der Waals surface area contributed by atoms with Crippen LogP contribution in [-0.2, 0) is 7.05 Å². The molecule has 3 aromatic heterocycles. The molecule has 0 radical (unpaired) electrons. The number of fused-ring (bicyclic) bond motifs is 1. The lowest BCUT2D eigenvalue weighted by molar-refractivity contribution is 0.357. The molecule has 4 rings (SSSR count). The fourth-order valence-electron chi connectivity index (χ4n) is 3.44. The van der Waals surface area contributed by atoms with Crippen molar-refractivity contribution in [2.75, 3.05) is 5.32 Å². The molecule has 154 valence electrons. The first-order chi connectivity index (χ1) is 14.4. The Morgan fingerprint density at radius 2 is 1.97 bits per heavy atom. The molecule has 0 amide bonds. The first kappa shape index (κ1) is 19.8. The summed E-state index contributed by atoms with van der Waals surface area (Å²) in [5, 5.41) is 8.12. The lowest BCUT2D eigenvalue weighted by Gasteiger charge is -2.12. The van der Waals surface area contributed by atoms with Crippen LogP contribution < -0.4 is 10.9 Å². The van der Waals surface area contributed by atoms with Gasteiger partial charge in [-0.15, -0.1) is 0 Å². The fourth-order valence-corrected chi connectivity index (χ4v) is 3.44. The van der Waals surface area contributed by atoms with Crippen LogP contribution in [0, 0.1) is 13.8 Å². The highest BCUT2D eigenvalue weighted by Crippen LogP contribution is 2.28. The number of aryl methyl sites for hydroxylation is 3. The lowest BCUT2D eigenvalue weighted by Crippen LogP contribution is -2.19. The van der Waals surface area contributed by atoms with Crippen molar-refractivity contribution in [3.8, 4) is 11.1 Å². The Morgan fingerprint density at radius 3 is 2.73 bits per heavy atom. The van der Waals surface area contributed by atoms with Gasteiger partial charge in [0.15, 0.2) is 0 Å². The van der Waals surface area contributed by atoms with E-state index in [1.165, 1.54) is 0 Å². The summed E-state index contributed by atoms with van der Waals surface area (Å²) in [6.07, 6.45) is 2.73. The van der Waals surface area contributed by atoms with E-state index in [1.54, 1.807) is 17.8 Å². The fraction of sp³-hybridized carbons (Fsp3) is 0.304. The summed E-state index contributed by atoms with van der Waals surface area (Å²) in [4.78, 5) is 21.9. The van der Waals surface area contributed by atoms with Gasteiger partial charge in [-0.05, 0) is 60.8 Å². The van der Waals surface area contributed by atoms with Gasteiger partial charge >= 0.3 is 0 Å². The van der Waals surface area contributed by atoms with Crippen molar-refractivity contribution >= 4 is 22.5 Å². The van der Waals surface area contributed by atoms with Crippen LogP contribution in [0.15, 0.2) is 45.8 Å². The standard InChI is InChI=1S/C23H25N5O2/c1-6-13(2)21-26-23(27-30-21)25-17-8-7-14(3)18(11-17)19-10-16-12-24-15(4)9-20(16)28(5)22(19)29/h7-13H,6H2,1-5H3,(H,25,27). The molecule has 1 unspecified atom stereocenters. The van der Waals surface area contributed by atoms with Crippen LogP contribution in [0.5, 0.6) is 0 Å². The number of nitrogens with zero attached hydrogens (tertiary/aromatic N) is 4. The van der Waals surface area contributed by atoms with Gasteiger partial charge in [-0.25, -0.2) is 0 Å². The van der Waals surface area contributed by atoms with Crippen LogP contribution in [0.1, 0.15) is 43.3 Å². The molecule has 1 atom stereocenters. The molecule has 7 heteroatoms. The highest BCUT2D eigenvalue weighted by atomic mass is 16.5. The Kier molecular flexibility index (Phi) is 5.11. The molecule has 3 heterocycles. The molecular formula is C23H25N5O2. The molecule has 7 nitrogen and oxygen atoms in total. The summed E-state index contributed by atoms with van der Waals surface area (Å²) in [7, 11) is 1.79. The Labute approximate surface area is 174 Å². The second-order valence-corrected chi connectivity index (χ2v) is 7.73. The van der Waals surface area contributed by atoms with Gasteiger partial charge in [-0.1, -0.05) is 19.9 Å². The van der Waals surface area contributed by atoms with Gasteiger partial charge in [-0.3, -0.25) is 9.78 Å². The molecule has 0 fully saturated rings. The molecule has 0 aliphatic carbocycles. The summed E-state index contributed by atoms with van der Waals surface area (Å²) in [5.74, 6) is 1.23. The molecule has 0 aliphatic rings. The summed E-state index contributed by atoms with van der Waals surface area (Å²) < 4.78 is 7.01. The monoisotopic (exact) mass is 403 g/mol. The number of nitrogens with one attached hydrogen (secondary N) is 1. The summed E-state index contributed by atoms with van der Waals surface area (Å²) in [5.41, 5.74) is 4.98. The first-order valence-electron chi connectivity index (χ1n) is 10.1. The van der Waals surface area contributed by atoms with Gasteiger partial charge in [-0.2, -0.15) is 4.98 Å². The van der Waals surface area contributed by atoms with Crippen molar-refractivity contribution in [1.29, 1.82) is 0 Å². The maximum absolute atomic E-state index is 13.1. The molecule has 0 saturated carbocycles. The van der Waals surface area contributed by atoms with E-state index < -0.39 is 0 Å². The zero-order chi connectivity index (χ0) is 21.4. The molecule has 0 spiro atoms. The van der Waals surface area contributed by atoms with E-state index in [1.807, 2.05) is 51.1 Å². The van der Waals surface area contributed by atoms with Crippen LogP contribution in [0.2, 0.25) is 0 Å². The van der Waals surface area contributed by atoms with E-state index in [4.69, 9.17) is 4.52 Å². The average Bonchev–Trinajstić information content (AvgIpc) is 3.20. The van der Waals surface area contributed by atoms with Gasteiger partial charge in [0.2, 0.25) is 5.89 Å². The molecular weight excluding hydrogens is 378 g/mol. The van der Waals surface area contributed by atoms with E-state index in [9.17, 15) is 4.79 Å². The lowest BCUT2D eigenvalue weighted by atomic mass is 9.99. The van der Waals surface area contributed by atoms with Crippen molar-refractivity contribution < 1.29 is 4.52 Å². The minimum Gasteiger partial charge on any atom is -0.337 e. The van der Waals surface area contributed by atoms with Gasteiger partial charge < -0.3 is 14.4 Å². The topological polar surface area (TPSA) is 85.8 Å². The predicted molar refractivity (Wildman–Crippen MR) is 118 cm³/mol. The van der Waals surface area contributed by atoms with Crippen LogP contribution in [-0.4, -0.2) is 19.7 Å². The predicted octanol–water partition coefficient (Wildman–Crippen LogP) is 4.86. The minimum absolute atomic E-state index is 0.0491. The zero-order valence-electron chi connectivity index (χ0n) is 17.9. The van der Waals surface area contributed by atoms with Crippen LogP contribution in [0.3, 0.4) is 0 Å². The van der Waals surface area contributed by atoms with E-state index in [0.717, 1.165) is 39.8 Å². The van der Waals surface area contributed by atoms with E-state index >= 15 is 0 Å². The molecule has 0 aliphatic heterocycles. The second-order valence-electron chi connectivity index (χ2n) is 7.73. The Morgan fingerprint density at radius 1 is 1.17 bits per heavy atom. The van der Waals surface area contributed by atoms with Gasteiger partial charge in [0.25, 0.3) is 11.5 Å². The van der Waals surface area contributed by atoms with Crippen molar-refractivity contribution in [1.82, 2.24) is 19.7 Å². The molecule has 0 saturated heterocycles. The molecule has 0 bridgehead atoms. The minimum atomic E-state index is -0.0491. The normalized spacial score (nSPS) is 12.3. The van der Waals surface area contributed by atoms with Gasteiger partial charge in [0.1, 0.15) is 0 Å². The number of hydrogen-bond acceptors (Lipinski definition) is 6. The Hall–Kier alpha value is -3.48. The van der Waals surface area contributed by atoms with Gasteiger partial charge in [0.05, 0.1) is 5.52 Å². The number of hydrogen-bond donors (Lipinski definition) is 1. The largest absolute Gasteiger partial charge is 0.337 e. The SMILES string of the molecule is CCC(C)c1nc(Nc2ccc(C)c(-c3cc4cnc(C)cc4n(C)c3=O)c2)no1. The highest BCUT2D eigenvalue weighted by Gasteiger charge is 2.15. The maximum atomic E-state index is 13.1. The molecule has 4 aromatic rings. The zero-order valence-corrected chi connectivity index (χ0v) is 17.9. The summed E-state index contributed by atoms with van der Waals surface area (Å²) in [6.45, 7) is 8.04. The van der Waals surface area contributed by atoms with Crippen molar-refractivity contribution in [2.45, 2.75) is 40.0 Å². The van der Waals surface area contributed by atoms with Crippen molar-refractivity contribution in [3.63, 3.8) is 0 Å². The van der Waals surface area contributed by atoms with E-state index in [0.29, 0.717) is 17.4 Å². The number of rotatable bonds is 5. The molecule has 1 aromatic carbocycles. The quantitative estimate of drug-likeness (QED) is 0.512. The number of pyridine rings is 2. The third-order valence-corrected chi connectivity index (χ3v) is 5.50. The Balaban J connectivity index is 1.75. The smallest absolute Gasteiger partial charge is 0.267 e. The molecule has 30 heavy (non-hydrogen) atoms. The van der Waals surface area contributed by atoms with E-state index in [2.05, 4.69) is 27.4 Å². The number of anilines is 2. The number of aromatic nitrogens is 4. The van der Waals surface area contributed by atoms with Crippen molar-refractivity contribution in [3.05, 3.63) is 64.0 Å².